The lowest BCUT2D eigenvalue weighted by atomic mass is 9.80. The molecule has 1 N–H and O–H groups in total. The topological polar surface area (TPSA) is 78.4 Å². The van der Waals surface area contributed by atoms with Crippen LogP contribution in [-0.4, -0.2) is 34.8 Å². The van der Waals surface area contributed by atoms with E-state index in [-0.39, 0.29) is 12.7 Å². The zero-order valence-electron chi connectivity index (χ0n) is 25.8. The van der Waals surface area contributed by atoms with Crippen LogP contribution in [0.15, 0.2) is 132 Å². The Bertz CT molecular complexity index is 2090. The summed E-state index contributed by atoms with van der Waals surface area (Å²) in [6.07, 6.45) is 1.21. The highest BCUT2D eigenvalue weighted by molar-refractivity contribution is 9.10. The van der Waals surface area contributed by atoms with Crippen LogP contribution < -0.4 is 14.8 Å². The van der Waals surface area contributed by atoms with Gasteiger partial charge in [0, 0.05) is 10.2 Å². The zero-order valence-corrected chi connectivity index (χ0v) is 28.2. The van der Waals surface area contributed by atoms with Gasteiger partial charge in [0.15, 0.2) is 0 Å². The summed E-state index contributed by atoms with van der Waals surface area (Å²) in [5, 5.41) is 4.26. The molecule has 7 nitrogen and oxygen atoms in total. The Hall–Kier alpha value is -4.83. The molecular formula is C38H31BrN4O3S. The number of nitrogens with zero attached hydrogens (tertiary/aromatic N) is 3. The molecule has 0 saturated heterocycles. The lowest BCUT2D eigenvalue weighted by Crippen LogP contribution is -2.36. The normalized spacial score (nSPS) is 12.2. The number of aromatic nitrogens is 3. The zero-order chi connectivity index (χ0) is 32.2. The molecule has 0 saturated carbocycles. The highest BCUT2D eigenvalue weighted by atomic mass is 79.9. The third-order valence-electron chi connectivity index (χ3n) is 7.98. The Morgan fingerprint density at radius 2 is 1.49 bits per heavy atom. The minimum absolute atomic E-state index is 0.280. The quantitative estimate of drug-likeness (QED) is 0.135. The number of fused-ring (bicyclic) bond motifs is 2. The first-order valence-corrected chi connectivity index (χ1v) is 16.8. The van der Waals surface area contributed by atoms with Crippen LogP contribution in [-0.2, 0) is 10.3 Å². The van der Waals surface area contributed by atoms with Crippen LogP contribution in [0.25, 0.3) is 21.1 Å². The minimum Gasteiger partial charge on any atom is -0.497 e. The molecule has 0 aliphatic heterocycles. The summed E-state index contributed by atoms with van der Waals surface area (Å²) in [5.41, 5.74) is 6.56. The highest BCUT2D eigenvalue weighted by Crippen LogP contribution is 2.42. The average molecular weight is 704 g/mol. The summed E-state index contributed by atoms with van der Waals surface area (Å²) in [5.74, 6) is 2.07. The fraction of sp³-hybridized carbons (Fsp3) is 0.132. The van der Waals surface area contributed by atoms with Crippen LogP contribution in [0.5, 0.6) is 11.5 Å². The number of rotatable bonds is 11. The summed E-state index contributed by atoms with van der Waals surface area (Å²) >= 11 is 5.25. The minimum atomic E-state index is -0.906. The number of anilines is 2. The van der Waals surface area contributed by atoms with E-state index in [0.717, 1.165) is 53.7 Å². The molecule has 7 aromatic rings. The molecular weight excluding hydrogens is 672 g/mol. The number of benzene rings is 5. The Kier molecular flexibility index (Phi) is 8.84. The summed E-state index contributed by atoms with van der Waals surface area (Å²) < 4.78 is 21.2. The Morgan fingerprint density at radius 3 is 2.19 bits per heavy atom. The molecule has 2 heterocycles. The van der Waals surface area contributed by atoms with Crippen LogP contribution in [0.1, 0.15) is 23.6 Å². The molecule has 1 atom stereocenters. The molecule has 0 unspecified atom stereocenters. The van der Waals surface area contributed by atoms with Crippen molar-refractivity contribution < 1.29 is 14.2 Å². The number of hydrogen-bond donors (Lipinski definition) is 1. The first-order valence-electron chi connectivity index (χ1n) is 15.1. The summed E-state index contributed by atoms with van der Waals surface area (Å²) in [7, 11) is 1.67. The smallest absolute Gasteiger partial charge is 0.145 e. The molecule has 0 amide bonds. The summed E-state index contributed by atoms with van der Waals surface area (Å²) in [4.78, 5) is 13.6. The third-order valence-corrected chi connectivity index (χ3v) is 9.23. The first kappa shape index (κ1) is 30.8. The van der Waals surface area contributed by atoms with Gasteiger partial charge in [0.05, 0.1) is 40.3 Å². The van der Waals surface area contributed by atoms with E-state index < -0.39 is 5.60 Å². The van der Waals surface area contributed by atoms with Gasteiger partial charge in [0.25, 0.3) is 0 Å². The van der Waals surface area contributed by atoms with Crippen molar-refractivity contribution in [3.8, 4) is 11.5 Å². The van der Waals surface area contributed by atoms with Crippen molar-refractivity contribution in [2.75, 3.05) is 19.0 Å². The highest BCUT2D eigenvalue weighted by Gasteiger charge is 2.38. The van der Waals surface area contributed by atoms with Gasteiger partial charge in [-0.3, -0.25) is 0 Å². The van der Waals surface area contributed by atoms with Crippen molar-refractivity contribution >= 4 is 59.9 Å². The van der Waals surface area contributed by atoms with Gasteiger partial charge in [-0.2, -0.15) is 0 Å². The molecule has 0 fully saturated rings. The fourth-order valence-electron chi connectivity index (χ4n) is 5.79. The fourth-order valence-corrected chi connectivity index (χ4v) is 6.93. The van der Waals surface area contributed by atoms with E-state index in [4.69, 9.17) is 14.2 Å². The van der Waals surface area contributed by atoms with E-state index in [1.165, 1.54) is 0 Å². The van der Waals surface area contributed by atoms with Gasteiger partial charge in [-0.1, -0.05) is 88.7 Å². The number of ether oxygens (including phenoxy) is 3. The van der Waals surface area contributed by atoms with Gasteiger partial charge in [-0.05, 0) is 66.1 Å². The predicted octanol–water partition coefficient (Wildman–Crippen LogP) is 9.53. The van der Waals surface area contributed by atoms with E-state index in [1.54, 1.807) is 24.8 Å². The second-order valence-electron chi connectivity index (χ2n) is 11.1. The van der Waals surface area contributed by atoms with Gasteiger partial charge in [0.2, 0.25) is 0 Å². The van der Waals surface area contributed by atoms with Gasteiger partial charge in [0.1, 0.15) is 35.3 Å². The van der Waals surface area contributed by atoms with Crippen LogP contribution in [0, 0.1) is 0 Å². The van der Waals surface area contributed by atoms with E-state index in [9.17, 15) is 0 Å². The van der Waals surface area contributed by atoms with Gasteiger partial charge >= 0.3 is 0 Å². The van der Waals surface area contributed by atoms with Crippen molar-refractivity contribution in [1.29, 1.82) is 0 Å². The molecule has 0 aliphatic rings. The van der Waals surface area contributed by atoms with Crippen molar-refractivity contribution in [3.05, 3.63) is 148 Å². The van der Waals surface area contributed by atoms with Crippen molar-refractivity contribution in [1.82, 2.24) is 15.0 Å². The van der Waals surface area contributed by atoms with Crippen LogP contribution >= 0.6 is 27.3 Å². The number of nitrogens with one attached hydrogen (secondary N) is 1. The van der Waals surface area contributed by atoms with Gasteiger partial charge < -0.3 is 19.5 Å². The van der Waals surface area contributed by atoms with E-state index in [2.05, 4.69) is 78.7 Å². The lowest BCUT2D eigenvalue weighted by molar-refractivity contribution is -0.0253. The van der Waals surface area contributed by atoms with Crippen LogP contribution in [0.2, 0.25) is 0 Å². The second kappa shape index (κ2) is 13.5. The van der Waals surface area contributed by atoms with E-state index in [1.807, 2.05) is 85.2 Å². The van der Waals surface area contributed by atoms with Crippen molar-refractivity contribution in [2.45, 2.75) is 18.6 Å². The molecule has 0 aliphatic carbocycles. The van der Waals surface area contributed by atoms with E-state index in [0.29, 0.717) is 11.6 Å². The molecule has 234 valence electrons. The molecule has 0 bridgehead atoms. The molecule has 2 aromatic heterocycles. The van der Waals surface area contributed by atoms with Gasteiger partial charge in [-0.15, -0.1) is 11.3 Å². The average Bonchev–Trinajstić information content (AvgIpc) is 3.58. The van der Waals surface area contributed by atoms with Crippen molar-refractivity contribution in [3.63, 3.8) is 0 Å². The SMILES string of the molecule is COc1ccc(C(OC[C@@H](C)Oc2cc(Br)cc3ncnc(Nc4ccc5ncsc5c4)c23)(c2ccccc2)c2ccccc2)cc1. The monoisotopic (exact) mass is 702 g/mol. The Balaban J connectivity index is 1.23. The van der Waals surface area contributed by atoms with Crippen LogP contribution in [0.3, 0.4) is 0 Å². The van der Waals surface area contributed by atoms with Crippen LogP contribution in [0.4, 0.5) is 11.5 Å². The molecule has 7 rings (SSSR count). The molecule has 0 spiro atoms. The van der Waals surface area contributed by atoms with Crippen molar-refractivity contribution in [2.24, 2.45) is 0 Å². The molecule has 9 heteroatoms. The maximum atomic E-state index is 7.07. The largest absolute Gasteiger partial charge is 0.497 e. The van der Waals surface area contributed by atoms with Gasteiger partial charge in [-0.25, -0.2) is 15.0 Å². The van der Waals surface area contributed by atoms with E-state index >= 15 is 0 Å². The lowest BCUT2D eigenvalue weighted by Gasteiger charge is -2.37. The maximum Gasteiger partial charge on any atom is 0.145 e. The Morgan fingerprint density at radius 1 is 0.787 bits per heavy atom. The number of hydrogen-bond acceptors (Lipinski definition) is 8. The second-order valence-corrected chi connectivity index (χ2v) is 12.9. The third kappa shape index (κ3) is 6.30. The maximum absolute atomic E-state index is 7.07. The number of thiazole rings is 1. The Labute approximate surface area is 285 Å². The molecule has 47 heavy (non-hydrogen) atoms. The number of methoxy groups -OCH3 is 1. The number of halogens is 1. The summed E-state index contributed by atoms with van der Waals surface area (Å²) in [6, 6.07) is 38.6. The predicted molar refractivity (Wildman–Crippen MR) is 192 cm³/mol. The summed E-state index contributed by atoms with van der Waals surface area (Å²) in [6.45, 7) is 2.29. The standard InChI is InChI=1S/C38H31BrN4O3S/c1-25(22-45-38(26-9-5-3-6-10-26,27-11-7-4-8-12-27)28-13-16-31(44-2)17-14-28)46-34-20-29(39)19-33-36(34)37(41-23-40-33)43-30-15-18-32-35(21-30)47-24-42-32/h3-21,23-25H,22H2,1-2H3,(H,40,41,43)/t25-/m1/s1. The molecule has 0 radical (unpaired) electrons. The molecule has 5 aromatic carbocycles. The first-order chi connectivity index (χ1) is 23.0.